The van der Waals surface area contributed by atoms with Gasteiger partial charge in [0.05, 0.1) is 12.2 Å². The van der Waals surface area contributed by atoms with Gasteiger partial charge in [0.1, 0.15) is 5.69 Å². The third-order valence-corrected chi connectivity index (χ3v) is 3.64. The van der Waals surface area contributed by atoms with Crippen LogP contribution in [0.3, 0.4) is 0 Å². The lowest BCUT2D eigenvalue weighted by molar-refractivity contribution is 0.509. The topological polar surface area (TPSA) is 56.7 Å². The van der Waals surface area contributed by atoms with E-state index in [2.05, 4.69) is 10.3 Å². The summed E-state index contributed by atoms with van der Waals surface area (Å²) in [7, 11) is 0. The lowest BCUT2D eigenvalue weighted by Gasteiger charge is -2.09. The van der Waals surface area contributed by atoms with E-state index in [9.17, 15) is 8.78 Å². The molecule has 0 amide bonds. The quantitative estimate of drug-likeness (QED) is 0.805. The number of hydrogen-bond acceptors (Lipinski definition) is 3. The molecule has 0 spiro atoms. The van der Waals surface area contributed by atoms with Gasteiger partial charge < -0.3 is 5.73 Å². The van der Waals surface area contributed by atoms with Crippen LogP contribution in [0.5, 0.6) is 0 Å². The first kappa shape index (κ1) is 15.3. The number of benzene rings is 2. The van der Waals surface area contributed by atoms with E-state index < -0.39 is 11.6 Å². The Balaban J connectivity index is 2.03. The minimum absolute atomic E-state index is 0.169. The molecule has 0 fully saturated rings. The highest BCUT2D eigenvalue weighted by atomic mass is 19.2. The number of aromatic nitrogens is 3. The van der Waals surface area contributed by atoms with Gasteiger partial charge in [0.25, 0.3) is 0 Å². The van der Waals surface area contributed by atoms with Crippen LogP contribution in [-0.4, -0.2) is 15.0 Å². The number of nitrogens with two attached hydrogens (primary N) is 1. The van der Waals surface area contributed by atoms with Crippen LogP contribution in [0.1, 0.15) is 16.8 Å². The van der Waals surface area contributed by atoms with Crippen molar-refractivity contribution in [3.05, 3.63) is 70.9 Å². The van der Waals surface area contributed by atoms with E-state index in [1.807, 2.05) is 31.2 Å². The number of aryl methyl sites for hydroxylation is 1. The first-order valence-corrected chi connectivity index (χ1v) is 7.22. The lowest BCUT2D eigenvalue weighted by atomic mass is 10.1. The molecule has 2 N–H and O–H groups in total. The minimum atomic E-state index is -0.909. The van der Waals surface area contributed by atoms with E-state index in [-0.39, 0.29) is 6.54 Å². The molecule has 0 bridgehead atoms. The van der Waals surface area contributed by atoms with Gasteiger partial charge in [0.2, 0.25) is 0 Å². The first-order valence-electron chi connectivity index (χ1n) is 7.22. The van der Waals surface area contributed by atoms with E-state index in [4.69, 9.17) is 5.73 Å². The summed E-state index contributed by atoms with van der Waals surface area (Å²) >= 11 is 0. The number of rotatable bonds is 4. The summed E-state index contributed by atoms with van der Waals surface area (Å²) in [4.78, 5) is 0. The highest BCUT2D eigenvalue weighted by molar-refractivity contribution is 5.62. The molecule has 2 aromatic carbocycles. The van der Waals surface area contributed by atoms with E-state index in [0.717, 1.165) is 23.3 Å². The summed E-state index contributed by atoms with van der Waals surface area (Å²) < 4.78 is 28.4. The van der Waals surface area contributed by atoms with Crippen molar-refractivity contribution in [1.29, 1.82) is 0 Å². The molecular formula is C17H16F2N4. The van der Waals surface area contributed by atoms with Gasteiger partial charge in [-0.2, -0.15) is 0 Å². The van der Waals surface area contributed by atoms with Crippen molar-refractivity contribution in [3.8, 4) is 11.3 Å². The Morgan fingerprint density at radius 3 is 2.43 bits per heavy atom. The van der Waals surface area contributed by atoms with Crippen molar-refractivity contribution in [3.63, 3.8) is 0 Å². The second kappa shape index (κ2) is 6.26. The minimum Gasteiger partial charge on any atom is -0.325 e. The molecule has 3 aromatic rings. The summed E-state index contributed by atoms with van der Waals surface area (Å²) in [5, 5.41) is 8.15. The Kier molecular flexibility index (Phi) is 4.16. The molecule has 6 heteroatoms. The van der Waals surface area contributed by atoms with E-state index in [1.54, 1.807) is 4.68 Å². The maximum absolute atomic E-state index is 13.6. The summed E-state index contributed by atoms with van der Waals surface area (Å²) in [6.45, 7) is 2.66. The Morgan fingerprint density at radius 2 is 1.78 bits per heavy atom. The molecule has 0 saturated heterocycles. The average Bonchev–Trinajstić information content (AvgIpc) is 2.95. The third-order valence-electron chi connectivity index (χ3n) is 3.64. The fourth-order valence-corrected chi connectivity index (χ4v) is 2.42. The standard InChI is InChI=1S/C17H16F2N4/c1-11-2-4-12(5-3-11)10-23-17(16(9-20)21-22-23)13-6-7-14(18)15(19)8-13/h2-8H,9-10,20H2,1H3. The van der Waals surface area contributed by atoms with Crippen LogP contribution in [0, 0.1) is 18.6 Å². The van der Waals surface area contributed by atoms with Gasteiger partial charge in [0, 0.05) is 12.1 Å². The van der Waals surface area contributed by atoms with Crippen molar-refractivity contribution in [2.45, 2.75) is 20.0 Å². The molecule has 0 radical (unpaired) electrons. The highest BCUT2D eigenvalue weighted by Crippen LogP contribution is 2.24. The molecule has 0 aliphatic heterocycles. The number of hydrogen-bond donors (Lipinski definition) is 1. The molecule has 3 rings (SSSR count). The van der Waals surface area contributed by atoms with Gasteiger partial charge in [-0.1, -0.05) is 35.0 Å². The summed E-state index contributed by atoms with van der Waals surface area (Å²) in [6.07, 6.45) is 0. The second-order valence-corrected chi connectivity index (χ2v) is 5.36. The van der Waals surface area contributed by atoms with E-state index in [0.29, 0.717) is 23.5 Å². The largest absolute Gasteiger partial charge is 0.325 e. The van der Waals surface area contributed by atoms with Gasteiger partial charge in [0.15, 0.2) is 11.6 Å². The Bertz CT molecular complexity index is 825. The number of nitrogens with zero attached hydrogens (tertiary/aromatic N) is 3. The van der Waals surface area contributed by atoms with Crippen molar-refractivity contribution >= 4 is 0 Å². The second-order valence-electron chi connectivity index (χ2n) is 5.36. The molecule has 0 aliphatic rings. The van der Waals surface area contributed by atoms with Crippen LogP contribution in [0.25, 0.3) is 11.3 Å². The van der Waals surface area contributed by atoms with Crippen LogP contribution in [-0.2, 0) is 13.1 Å². The zero-order chi connectivity index (χ0) is 16.4. The van der Waals surface area contributed by atoms with Gasteiger partial charge in [-0.25, -0.2) is 13.5 Å². The molecule has 4 nitrogen and oxygen atoms in total. The zero-order valence-electron chi connectivity index (χ0n) is 12.6. The van der Waals surface area contributed by atoms with Crippen molar-refractivity contribution < 1.29 is 8.78 Å². The van der Waals surface area contributed by atoms with Crippen molar-refractivity contribution in [1.82, 2.24) is 15.0 Å². The molecule has 0 aliphatic carbocycles. The lowest BCUT2D eigenvalue weighted by Crippen LogP contribution is -2.06. The smallest absolute Gasteiger partial charge is 0.159 e. The monoisotopic (exact) mass is 314 g/mol. The molecule has 118 valence electrons. The van der Waals surface area contributed by atoms with Crippen LogP contribution < -0.4 is 5.73 Å². The van der Waals surface area contributed by atoms with Crippen LogP contribution in [0.4, 0.5) is 8.78 Å². The Hall–Kier alpha value is -2.60. The van der Waals surface area contributed by atoms with Crippen LogP contribution in [0.15, 0.2) is 42.5 Å². The average molecular weight is 314 g/mol. The molecule has 0 atom stereocenters. The van der Waals surface area contributed by atoms with E-state index >= 15 is 0 Å². The van der Waals surface area contributed by atoms with Crippen molar-refractivity contribution in [2.24, 2.45) is 5.73 Å². The van der Waals surface area contributed by atoms with Gasteiger partial charge >= 0.3 is 0 Å². The Morgan fingerprint density at radius 1 is 1.04 bits per heavy atom. The normalized spacial score (nSPS) is 11.0. The zero-order valence-corrected chi connectivity index (χ0v) is 12.6. The molecule has 23 heavy (non-hydrogen) atoms. The van der Waals surface area contributed by atoms with Crippen LogP contribution >= 0.6 is 0 Å². The van der Waals surface area contributed by atoms with Gasteiger partial charge in [-0.15, -0.1) is 5.10 Å². The van der Waals surface area contributed by atoms with Crippen molar-refractivity contribution in [2.75, 3.05) is 0 Å². The van der Waals surface area contributed by atoms with Gasteiger partial charge in [-0.05, 0) is 30.7 Å². The summed E-state index contributed by atoms with van der Waals surface area (Å²) in [5.41, 5.74) is 9.55. The first-order chi connectivity index (χ1) is 11.1. The summed E-state index contributed by atoms with van der Waals surface area (Å²) in [6, 6.07) is 11.7. The molecule has 0 saturated carbocycles. The fraction of sp³-hybridized carbons (Fsp3) is 0.176. The maximum atomic E-state index is 13.6. The molecule has 1 heterocycles. The Labute approximate surface area is 132 Å². The van der Waals surface area contributed by atoms with Crippen LogP contribution in [0.2, 0.25) is 0 Å². The highest BCUT2D eigenvalue weighted by Gasteiger charge is 2.16. The summed E-state index contributed by atoms with van der Waals surface area (Å²) in [5.74, 6) is -1.80. The SMILES string of the molecule is Cc1ccc(Cn2nnc(CN)c2-c2ccc(F)c(F)c2)cc1. The van der Waals surface area contributed by atoms with Gasteiger partial charge in [-0.3, -0.25) is 0 Å². The van der Waals surface area contributed by atoms with E-state index in [1.165, 1.54) is 6.07 Å². The predicted molar refractivity (Wildman–Crippen MR) is 83.5 cm³/mol. The molecule has 0 unspecified atom stereocenters. The molecule has 1 aromatic heterocycles. The predicted octanol–water partition coefficient (Wildman–Crippen LogP) is 3.04. The fourth-order valence-electron chi connectivity index (χ4n) is 2.42. The third kappa shape index (κ3) is 3.12. The maximum Gasteiger partial charge on any atom is 0.159 e. The number of halogens is 2. The molecular weight excluding hydrogens is 298 g/mol.